The molecule has 1 rings (SSSR count). The van der Waals surface area contributed by atoms with Crippen LogP contribution in [0, 0.1) is 0 Å². The highest BCUT2D eigenvalue weighted by atomic mass is 32.2. The van der Waals surface area contributed by atoms with Crippen LogP contribution in [0.3, 0.4) is 0 Å². The van der Waals surface area contributed by atoms with Crippen LogP contribution in [-0.2, 0) is 10.0 Å². The monoisotopic (exact) mass is 206 g/mol. The zero-order valence-electron chi connectivity index (χ0n) is 8.42. The molecule has 0 radical (unpaired) electrons. The number of nitrogens with two attached hydrogens (primary N) is 1. The summed E-state index contributed by atoms with van der Waals surface area (Å²) >= 11 is 0. The average Bonchev–Trinajstić information content (AvgIpc) is 2.59. The third kappa shape index (κ3) is 2.21. The van der Waals surface area contributed by atoms with Gasteiger partial charge in [-0.05, 0) is 33.6 Å². The van der Waals surface area contributed by atoms with Gasteiger partial charge in [-0.2, -0.15) is 0 Å². The van der Waals surface area contributed by atoms with Gasteiger partial charge in [0.05, 0.1) is 4.75 Å². The van der Waals surface area contributed by atoms with Crippen molar-refractivity contribution in [3.05, 3.63) is 0 Å². The molecule has 0 aromatic rings. The largest absolute Gasteiger partial charge is 0.329 e. The molecule has 1 saturated carbocycles. The second-order valence-corrected chi connectivity index (χ2v) is 6.82. The van der Waals surface area contributed by atoms with Gasteiger partial charge in [-0.25, -0.2) is 13.1 Å². The van der Waals surface area contributed by atoms with Crippen molar-refractivity contribution in [1.29, 1.82) is 0 Å². The van der Waals surface area contributed by atoms with Gasteiger partial charge in [0, 0.05) is 12.1 Å². The van der Waals surface area contributed by atoms with Crippen molar-refractivity contribution in [2.45, 2.75) is 43.9 Å². The third-order valence-electron chi connectivity index (χ3n) is 2.19. The number of sulfonamides is 1. The van der Waals surface area contributed by atoms with Crippen LogP contribution in [0.4, 0.5) is 0 Å². The van der Waals surface area contributed by atoms with Crippen molar-refractivity contribution in [2.75, 3.05) is 6.54 Å². The fourth-order valence-electron chi connectivity index (χ4n) is 1.23. The topological polar surface area (TPSA) is 72.2 Å². The van der Waals surface area contributed by atoms with Crippen LogP contribution in [0.1, 0.15) is 33.6 Å². The van der Waals surface area contributed by atoms with Crippen molar-refractivity contribution in [3.63, 3.8) is 0 Å². The Balaban J connectivity index is 2.79. The highest BCUT2D eigenvalue weighted by molar-refractivity contribution is 7.91. The maximum atomic E-state index is 11.8. The van der Waals surface area contributed by atoms with Crippen LogP contribution in [0.15, 0.2) is 0 Å². The minimum Gasteiger partial charge on any atom is -0.329 e. The maximum absolute atomic E-state index is 11.8. The van der Waals surface area contributed by atoms with Gasteiger partial charge in [0.1, 0.15) is 0 Å². The Bertz CT molecular complexity index is 286. The van der Waals surface area contributed by atoms with Gasteiger partial charge in [0.25, 0.3) is 0 Å². The SMILES string of the molecule is CC(C)(C)NS(=O)(=O)C1(CN)CC1. The molecule has 4 nitrogen and oxygen atoms in total. The number of hydrogen-bond acceptors (Lipinski definition) is 3. The predicted molar refractivity (Wildman–Crippen MR) is 52.8 cm³/mol. The van der Waals surface area contributed by atoms with E-state index in [4.69, 9.17) is 5.73 Å². The van der Waals surface area contributed by atoms with E-state index >= 15 is 0 Å². The summed E-state index contributed by atoms with van der Waals surface area (Å²) in [6, 6.07) is 0. The van der Waals surface area contributed by atoms with E-state index < -0.39 is 20.3 Å². The van der Waals surface area contributed by atoms with Crippen LogP contribution in [-0.4, -0.2) is 25.2 Å². The van der Waals surface area contributed by atoms with Gasteiger partial charge in [-0.15, -0.1) is 0 Å². The van der Waals surface area contributed by atoms with Crippen molar-refractivity contribution in [3.8, 4) is 0 Å². The summed E-state index contributed by atoms with van der Waals surface area (Å²) in [5, 5.41) is 0. The fraction of sp³-hybridized carbons (Fsp3) is 1.00. The van der Waals surface area contributed by atoms with Crippen LogP contribution in [0.5, 0.6) is 0 Å². The zero-order chi connectivity index (χ0) is 10.3. The molecule has 0 bridgehead atoms. The molecule has 0 unspecified atom stereocenters. The summed E-state index contributed by atoms with van der Waals surface area (Å²) in [5.41, 5.74) is 5.04. The molecule has 1 aliphatic carbocycles. The van der Waals surface area contributed by atoms with Gasteiger partial charge in [0.15, 0.2) is 0 Å². The first-order valence-electron chi connectivity index (χ1n) is 4.46. The molecule has 5 heteroatoms. The predicted octanol–water partition coefficient (Wildman–Crippen LogP) is 0.196. The molecule has 0 amide bonds. The molecule has 78 valence electrons. The Kier molecular flexibility index (Phi) is 2.47. The van der Waals surface area contributed by atoms with Crippen molar-refractivity contribution in [1.82, 2.24) is 4.72 Å². The average molecular weight is 206 g/mol. The van der Waals surface area contributed by atoms with Gasteiger partial charge in [-0.3, -0.25) is 0 Å². The van der Waals surface area contributed by atoms with Crippen molar-refractivity contribution < 1.29 is 8.42 Å². The number of rotatable bonds is 3. The normalized spacial score (nSPS) is 21.5. The molecule has 0 saturated heterocycles. The molecule has 0 atom stereocenters. The van der Waals surface area contributed by atoms with Crippen molar-refractivity contribution >= 4 is 10.0 Å². The van der Waals surface area contributed by atoms with Crippen molar-refractivity contribution in [2.24, 2.45) is 5.73 Å². The Morgan fingerprint density at radius 2 is 1.85 bits per heavy atom. The first-order chi connectivity index (χ1) is 5.72. The summed E-state index contributed by atoms with van der Waals surface area (Å²) < 4.78 is 25.5. The number of nitrogens with one attached hydrogen (secondary N) is 1. The van der Waals surface area contributed by atoms with E-state index in [1.807, 2.05) is 20.8 Å². The lowest BCUT2D eigenvalue weighted by Crippen LogP contribution is -2.48. The molecule has 3 N–H and O–H groups in total. The maximum Gasteiger partial charge on any atom is 0.219 e. The standard InChI is InChI=1S/C8H18N2O2S/c1-7(2,3)10-13(11,12)8(6-9)4-5-8/h10H,4-6,9H2,1-3H3. The van der Waals surface area contributed by atoms with E-state index in [-0.39, 0.29) is 6.54 Å². The van der Waals surface area contributed by atoms with E-state index in [1.54, 1.807) is 0 Å². The lowest BCUT2D eigenvalue weighted by molar-refractivity contribution is 0.482. The highest BCUT2D eigenvalue weighted by Crippen LogP contribution is 2.42. The van der Waals surface area contributed by atoms with E-state index in [9.17, 15) is 8.42 Å². The van der Waals surface area contributed by atoms with Crippen LogP contribution >= 0.6 is 0 Å². The van der Waals surface area contributed by atoms with Crippen LogP contribution in [0.2, 0.25) is 0 Å². The Hall–Kier alpha value is -0.130. The molecule has 0 aliphatic heterocycles. The lowest BCUT2D eigenvalue weighted by Gasteiger charge is -2.24. The molecule has 0 heterocycles. The first-order valence-corrected chi connectivity index (χ1v) is 5.94. The van der Waals surface area contributed by atoms with E-state index in [2.05, 4.69) is 4.72 Å². The molecule has 0 aromatic heterocycles. The molecular weight excluding hydrogens is 188 g/mol. The molecule has 0 spiro atoms. The summed E-state index contributed by atoms with van der Waals surface area (Å²) in [6.07, 6.45) is 1.38. The second-order valence-electron chi connectivity index (χ2n) is 4.74. The molecule has 0 aromatic carbocycles. The molecule has 13 heavy (non-hydrogen) atoms. The van der Waals surface area contributed by atoms with E-state index in [0.29, 0.717) is 12.8 Å². The molecule has 1 fully saturated rings. The van der Waals surface area contributed by atoms with Gasteiger partial charge in [-0.1, -0.05) is 0 Å². The minimum absolute atomic E-state index is 0.221. The Labute approximate surface area is 79.9 Å². The smallest absolute Gasteiger partial charge is 0.219 e. The summed E-state index contributed by atoms with van der Waals surface area (Å²) in [5.74, 6) is 0. The molecule has 1 aliphatic rings. The number of hydrogen-bond donors (Lipinski definition) is 2. The van der Waals surface area contributed by atoms with Gasteiger partial charge < -0.3 is 5.73 Å². The highest BCUT2D eigenvalue weighted by Gasteiger charge is 2.54. The lowest BCUT2D eigenvalue weighted by atomic mass is 10.1. The summed E-state index contributed by atoms with van der Waals surface area (Å²) in [4.78, 5) is 0. The Morgan fingerprint density at radius 1 is 1.38 bits per heavy atom. The first kappa shape index (κ1) is 10.9. The fourth-order valence-corrected chi connectivity index (χ4v) is 3.11. The van der Waals surface area contributed by atoms with Crippen LogP contribution in [0.25, 0.3) is 0 Å². The summed E-state index contributed by atoms with van der Waals surface area (Å²) in [6.45, 7) is 5.71. The van der Waals surface area contributed by atoms with Crippen LogP contribution < -0.4 is 10.5 Å². The third-order valence-corrected chi connectivity index (χ3v) is 4.79. The second kappa shape index (κ2) is 2.93. The van der Waals surface area contributed by atoms with E-state index in [1.165, 1.54) is 0 Å². The zero-order valence-corrected chi connectivity index (χ0v) is 9.24. The van der Waals surface area contributed by atoms with Gasteiger partial charge in [0.2, 0.25) is 10.0 Å². The van der Waals surface area contributed by atoms with E-state index in [0.717, 1.165) is 0 Å². The summed E-state index contributed by atoms with van der Waals surface area (Å²) in [7, 11) is -3.23. The Morgan fingerprint density at radius 3 is 2.08 bits per heavy atom. The minimum atomic E-state index is -3.23. The van der Waals surface area contributed by atoms with Gasteiger partial charge >= 0.3 is 0 Å². The quantitative estimate of drug-likeness (QED) is 0.692. The molecular formula is C8H18N2O2S.